The van der Waals surface area contributed by atoms with Gasteiger partial charge in [0.1, 0.15) is 0 Å². The molecule has 0 bridgehead atoms. The summed E-state index contributed by atoms with van der Waals surface area (Å²) in [5.74, 6) is 5.26. The molecule has 0 aliphatic heterocycles. The summed E-state index contributed by atoms with van der Waals surface area (Å²) in [7, 11) is 0. The van der Waals surface area contributed by atoms with Crippen LogP contribution in [0.15, 0.2) is 30.3 Å². The van der Waals surface area contributed by atoms with Gasteiger partial charge < -0.3 is 7.96 Å². The van der Waals surface area contributed by atoms with Crippen LogP contribution in [0.3, 0.4) is 0 Å². The second-order valence-electron chi connectivity index (χ2n) is 3.26. The summed E-state index contributed by atoms with van der Waals surface area (Å²) in [6.07, 6.45) is 2.25. The molecule has 0 fully saturated rings. The van der Waals surface area contributed by atoms with Crippen molar-refractivity contribution in [2.45, 2.75) is 25.7 Å². The standard InChI is InChI=1S/C13H14O2.Ca.2H/c14-13(15)11-7-2-1-4-8-12-9-5-3-6-10-12;;;/h3,5-6,9-10H,2,7-8,11H2,(H,14,15);;;/q;+2;2*-1. The molecular formula is C13H16CaO2. The van der Waals surface area contributed by atoms with Crippen LogP contribution in [0.1, 0.15) is 27.7 Å². The van der Waals surface area contributed by atoms with Crippen LogP contribution in [0.4, 0.5) is 0 Å². The monoisotopic (exact) mass is 244 g/mol. The van der Waals surface area contributed by atoms with Crippen LogP contribution in [-0.4, -0.2) is 48.8 Å². The van der Waals surface area contributed by atoms with Gasteiger partial charge in [-0.05, 0) is 12.0 Å². The van der Waals surface area contributed by atoms with E-state index >= 15 is 0 Å². The molecule has 0 unspecified atom stereocenters. The Kier molecular flexibility index (Phi) is 9.42. The first-order chi connectivity index (χ1) is 7.29. The Labute approximate surface area is 129 Å². The van der Waals surface area contributed by atoms with Gasteiger partial charge in [-0.3, -0.25) is 4.79 Å². The van der Waals surface area contributed by atoms with E-state index in [9.17, 15) is 4.79 Å². The zero-order valence-corrected chi connectivity index (χ0v) is 11.5. The fourth-order valence-corrected chi connectivity index (χ4v) is 1.18. The first-order valence-corrected chi connectivity index (χ1v) is 5.00. The molecule has 0 spiro atoms. The Morgan fingerprint density at radius 3 is 2.56 bits per heavy atom. The SMILES string of the molecule is O=C(O)CCCC#CCc1ccccc1.[Ca+2].[H-].[H-]. The van der Waals surface area contributed by atoms with Gasteiger partial charge in [0.05, 0.1) is 0 Å². The summed E-state index contributed by atoms with van der Waals surface area (Å²) in [6.45, 7) is 0. The zero-order valence-electron chi connectivity index (χ0n) is 11.3. The van der Waals surface area contributed by atoms with Crippen molar-refractivity contribution in [1.29, 1.82) is 0 Å². The number of hydrogen-bond donors (Lipinski definition) is 1. The minimum atomic E-state index is -0.750. The van der Waals surface area contributed by atoms with Gasteiger partial charge in [-0.15, -0.1) is 5.92 Å². The van der Waals surface area contributed by atoms with Gasteiger partial charge in [0, 0.05) is 19.3 Å². The van der Waals surface area contributed by atoms with Crippen LogP contribution in [0.25, 0.3) is 0 Å². The molecule has 1 aromatic carbocycles. The third-order valence-electron chi connectivity index (χ3n) is 1.95. The number of unbranched alkanes of at least 4 members (excludes halogenated alkanes) is 1. The van der Waals surface area contributed by atoms with Crippen LogP contribution < -0.4 is 0 Å². The van der Waals surface area contributed by atoms with E-state index < -0.39 is 5.97 Å². The van der Waals surface area contributed by atoms with E-state index in [2.05, 4.69) is 11.8 Å². The largest absolute Gasteiger partial charge is 2.00 e. The predicted octanol–water partition coefficient (Wildman–Crippen LogP) is 2.33. The summed E-state index contributed by atoms with van der Waals surface area (Å²) >= 11 is 0. The summed E-state index contributed by atoms with van der Waals surface area (Å²) in [5, 5.41) is 8.40. The molecule has 3 heteroatoms. The van der Waals surface area contributed by atoms with Crippen molar-refractivity contribution in [1.82, 2.24) is 0 Å². The van der Waals surface area contributed by atoms with Crippen molar-refractivity contribution >= 4 is 43.7 Å². The molecule has 82 valence electrons. The zero-order chi connectivity index (χ0) is 10.9. The van der Waals surface area contributed by atoms with Crippen LogP contribution in [0, 0.1) is 11.8 Å². The van der Waals surface area contributed by atoms with Gasteiger partial charge in [0.25, 0.3) is 0 Å². The first kappa shape index (κ1) is 15.5. The first-order valence-electron chi connectivity index (χ1n) is 5.00. The molecule has 0 amide bonds. The smallest absolute Gasteiger partial charge is 1.00 e. The molecule has 2 nitrogen and oxygen atoms in total. The average Bonchev–Trinajstić information content (AvgIpc) is 2.24. The van der Waals surface area contributed by atoms with Gasteiger partial charge in [-0.2, -0.15) is 0 Å². The quantitative estimate of drug-likeness (QED) is 0.501. The summed E-state index contributed by atoms with van der Waals surface area (Å²) in [6, 6.07) is 10.0. The number of carboxylic acids is 1. The summed E-state index contributed by atoms with van der Waals surface area (Å²) in [5.41, 5.74) is 1.20. The number of rotatable bonds is 4. The number of hydrogen-bond acceptors (Lipinski definition) is 1. The van der Waals surface area contributed by atoms with E-state index in [0.717, 1.165) is 6.42 Å². The number of aliphatic carboxylic acids is 1. The van der Waals surface area contributed by atoms with E-state index in [-0.39, 0.29) is 47.0 Å². The maximum absolute atomic E-state index is 10.2. The maximum atomic E-state index is 10.2. The fourth-order valence-electron chi connectivity index (χ4n) is 1.18. The van der Waals surface area contributed by atoms with E-state index in [1.54, 1.807) is 0 Å². The molecule has 0 saturated carbocycles. The molecule has 0 aliphatic carbocycles. The Morgan fingerprint density at radius 2 is 1.94 bits per heavy atom. The van der Waals surface area contributed by atoms with E-state index in [0.29, 0.717) is 12.8 Å². The minimum Gasteiger partial charge on any atom is -1.00 e. The number of carboxylic acid groups (broad SMARTS) is 1. The molecule has 0 atom stereocenters. The van der Waals surface area contributed by atoms with Crippen molar-refractivity contribution in [3.8, 4) is 11.8 Å². The van der Waals surface area contributed by atoms with Gasteiger partial charge in [0.2, 0.25) is 0 Å². The third-order valence-corrected chi connectivity index (χ3v) is 1.95. The Bertz CT molecular complexity index is 372. The van der Waals surface area contributed by atoms with Crippen molar-refractivity contribution in [2.24, 2.45) is 0 Å². The molecule has 0 radical (unpaired) electrons. The number of benzene rings is 1. The topological polar surface area (TPSA) is 37.3 Å². The minimum absolute atomic E-state index is 0. The van der Waals surface area contributed by atoms with Gasteiger partial charge >= 0.3 is 43.7 Å². The van der Waals surface area contributed by atoms with E-state index in [1.165, 1.54) is 5.56 Å². The second-order valence-corrected chi connectivity index (χ2v) is 3.26. The average molecular weight is 244 g/mol. The molecule has 0 heterocycles. The molecular weight excluding hydrogens is 228 g/mol. The van der Waals surface area contributed by atoms with Gasteiger partial charge in [-0.1, -0.05) is 36.3 Å². The molecule has 16 heavy (non-hydrogen) atoms. The van der Waals surface area contributed by atoms with Crippen molar-refractivity contribution in [3.05, 3.63) is 35.9 Å². The normalized spacial score (nSPS) is 8.50. The van der Waals surface area contributed by atoms with Gasteiger partial charge in [-0.25, -0.2) is 0 Å². The molecule has 1 N–H and O–H groups in total. The summed E-state index contributed by atoms with van der Waals surface area (Å²) in [4.78, 5) is 10.2. The fraction of sp³-hybridized carbons (Fsp3) is 0.308. The van der Waals surface area contributed by atoms with Crippen LogP contribution >= 0.6 is 0 Å². The van der Waals surface area contributed by atoms with Crippen molar-refractivity contribution < 1.29 is 12.8 Å². The molecule has 0 aromatic heterocycles. The predicted molar refractivity (Wildman–Crippen MR) is 67.4 cm³/mol. The van der Waals surface area contributed by atoms with Crippen molar-refractivity contribution in [3.63, 3.8) is 0 Å². The van der Waals surface area contributed by atoms with E-state index in [1.807, 2.05) is 30.3 Å². The van der Waals surface area contributed by atoms with Crippen LogP contribution in [0.5, 0.6) is 0 Å². The Balaban J connectivity index is -0.000000750. The second kappa shape index (κ2) is 9.72. The van der Waals surface area contributed by atoms with Gasteiger partial charge in [0.15, 0.2) is 0 Å². The molecule has 0 saturated heterocycles. The maximum Gasteiger partial charge on any atom is 2.00 e. The van der Waals surface area contributed by atoms with E-state index in [4.69, 9.17) is 5.11 Å². The third kappa shape index (κ3) is 7.76. The van der Waals surface area contributed by atoms with Crippen LogP contribution in [-0.2, 0) is 11.2 Å². The molecule has 1 rings (SSSR count). The van der Waals surface area contributed by atoms with Crippen molar-refractivity contribution in [2.75, 3.05) is 0 Å². The summed E-state index contributed by atoms with van der Waals surface area (Å²) < 4.78 is 0. The molecule has 1 aromatic rings. The Hall–Kier alpha value is -0.490. The van der Waals surface area contributed by atoms with Crippen LogP contribution in [0.2, 0.25) is 0 Å². The molecule has 0 aliphatic rings. The number of carbonyl (C=O) groups is 1. The Morgan fingerprint density at radius 1 is 1.25 bits per heavy atom.